The van der Waals surface area contributed by atoms with Crippen LogP contribution in [0.3, 0.4) is 0 Å². The van der Waals surface area contributed by atoms with Crippen LogP contribution in [0.4, 0.5) is 5.69 Å². The van der Waals surface area contributed by atoms with Crippen molar-refractivity contribution in [1.29, 1.82) is 0 Å². The van der Waals surface area contributed by atoms with Gasteiger partial charge in [0.15, 0.2) is 4.80 Å². The van der Waals surface area contributed by atoms with Crippen molar-refractivity contribution < 1.29 is 14.5 Å². The topological polar surface area (TPSA) is 109 Å². The maximum atomic E-state index is 14.4. The van der Waals surface area contributed by atoms with Crippen LogP contribution in [-0.2, 0) is 16.1 Å². The molecule has 0 N–H and O–H groups in total. The Morgan fingerprint density at radius 2 is 1.71 bits per heavy atom. The summed E-state index contributed by atoms with van der Waals surface area (Å²) in [5, 5.41) is 12.6. The fourth-order valence-electron chi connectivity index (χ4n) is 5.98. The highest BCUT2D eigenvalue weighted by atomic mass is 35.5. The van der Waals surface area contributed by atoms with Crippen molar-refractivity contribution in [2.45, 2.75) is 19.5 Å². The summed E-state index contributed by atoms with van der Waals surface area (Å²) in [5.41, 5.74) is 4.55. The van der Waals surface area contributed by atoms with Gasteiger partial charge < -0.3 is 9.30 Å². The smallest absolute Gasteiger partial charge is 0.338 e. The van der Waals surface area contributed by atoms with Crippen LogP contribution in [0.25, 0.3) is 22.7 Å². The first-order chi connectivity index (χ1) is 23.3. The number of para-hydroxylation sites is 1. The number of hydrogen-bond acceptors (Lipinski definition) is 7. The van der Waals surface area contributed by atoms with Crippen LogP contribution in [0, 0.1) is 10.1 Å². The van der Waals surface area contributed by atoms with Gasteiger partial charge in [0.25, 0.3) is 11.2 Å². The van der Waals surface area contributed by atoms with E-state index in [1.54, 1.807) is 35.8 Å². The van der Waals surface area contributed by atoms with Crippen LogP contribution in [0.1, 0.15) is 35.2 Å². The monoisotopic (exact) mass is 674 g/mol. The molecule has 1 aliphatic heterocycles. The zero-order valence-corrected chi connectivity index (χ0v) is 27.1. The third-order valence-electron chi connectivity index (χ3n) is 8.17. The summed E-state index contributed by atoms with van der Waals surface area (Å²) in [7, 11) is 0. The Morgan fingerprint density at radius 3 is 2.42 bits per heavy atom. The van der Waals surface area contributed by atoms with Gasteiger partial charge in [-0.3, -0.25) is 19.5 Å². The highest BCUT2D eigenvalue weighted by Crippen LogP contribution is 2.35. The number of esters is 1. The first-order valence-electron chi connectivity index (χ1n) is 15.2. The molecule has 0 fully saturated rings. The van der Waals surface area contributed by atoms with Gasteiger partial charge in [-0.2, -0.15) is 0 Å². The summed E-state index contributed by atoms with van der Waals surface area (Å²) in [4.78, 5) is 44.2. The molecule has 0 amide bonds. The number of nitrogens with zero attached hydrogens (tertiary/aromatic N) is 4. The standard InChI is InChI=1S/C37H27ClN4O5S/c1-2-47-36(44)32-33(24-8-4-3-5-9-24)39-37-41(34(32)25-14-16-27(38)17-15-25)35(43)31(48-37)20-26-22-40(30-11-7-6-10-29(26)30)21-23-12-18-28(19-13-23)42(45)46/h3-20,22,34H,2,21H2,1H3/b31-20-/t34-/m0/s1. The summed E-state index contributed by atoms with van der Waals surface area (Å²) >= 11 is 7.50. The molecule has 9 nitrogen and oxygen atoms in total. The minimum Gasteiger partial charge on any atom is -0.463 e. The van der Waals surface area contributed by atoms with Gasteiger partial charge in [-0.05, 0) is 42.3 Å². The molecule has 11 heteroatoms. The molecule has 0 saturated carbocycles. The van der Waals surface area contributed by atoms with Crippen LogP contribution in [-0.4, -0.2) is 26.6 Å². The lowest BCUT2D eigenvalue weighted by Gasteiger charge is -2.25. The molecular formula is C37H27ClN4O5S. The molecule has 0 aliphatic carbocycles. The first kappa shape index (κ1) is 31.0. The molecule has 1 aliphatic rings. The molecule has 2 aromatic heterocycles. The number of ether oxygens (including phenoxy) is 1. The van der Waals surface area contributed by atoms with E-state index in [0.717, 1.165) is 27.6 Å². The molecule has 1 atom stereocenters. The molecular weight excluding hydrogens is 648 g/mol. The van der Waals surface area contributed by atoms with Crippen LogP contribution in [0.15, 0.2) is 125 Å². The number of carbonyl (C=O) groups excluding carboxylic acids is 1. The van der Waals surface area contributed by atoms with Crippen molar-refractivity contribution in [2.75, 3.05) is 6.61 Å². The number of aromatic nitrogens is 2. The summed E-state index contributed by atoms with van der Waals surface area (Å²) in [5.74, 6) is -0.552. The normalized spacial score (nSPS) is 14.5. The average Bonchev–Trinajstić information content (AvgIpc) is 3.61. The third kappa shape index (κ3) is 5.76. The third-order valence-corrected chi connectivity index (χ3v) is 9.40. The highest BCUT2D eigenvalue weighted by Gasteiger charge is 2.35. The van der Waals surface area contributed by atoms with E-state index in [0.29, 0.717) is 32.2 Å². The van der Waals surface area contributed by atoms with Gasteiger partial charge in [0.05, 0.1) is 33.4 Å². The second-order valence-corrected chi connectivity index (χ2v) is 12.6. The van der Waals surface area contributed by atoms with Gasteiger partial charge in [-0.25, -0.2) is 9.79 Å². The fraction of sp³-hybridized carbons (Fsp3) is 0.108. The van der Waals surface area contributed by atoms with Gasteiger partial charge in [0.2, 0.25) is 0 Å². The summed E-state index contributed by atoms with van der Waals surface area (Å²) in [6.45, 7) is 2.38. The number of halogens is 1. The van der Waals surface area contributed by atoms with E-state index in [9.17, 15) is 19.7 Å². The zero-order valence-electron chi connectivity index (χ0n) is 25.6. The molecule has 6 aromatic rings. The molecule has 0 radical (unpaired) electrons. The molecule has 0 unspecified atom stereocenters. The summed E-state index contributed by atoms with van der Waals surface area (Å²) in [6.07, 6.45) is 3.83. The van der Waals surface area contributed by atoms with Crippen LogP contribution < -0.4 is 14.9 Å². The molecule has 238 valence electrons. The molecule has 0 bridgehead atoms. The number of benzene rings is 4. The second-order valence-electron chi connectivity index (χ2n) is 11.1. The largest absolute Gasteiger partial charge is 0.463 e. The first-order valence-corrected chi connectivity index (χ1v) is 16.4. The Hall–Kier alpha value is -5.58. The van der Waals surface area contributed by atoms with E-state index < -0.39 is 16.9 Å². The van der Waals surface area contributed by atoms with Crippen molar-refractivity contribution in [3.8, 4) is 0 Å². The summed E-state index contributed by atoms with van der Waals surface area (Å²) < 4.78 is 9.61. The van der Waals surface area contributed by atoms with Crippen molar-refractivity contribution >= 4 is 57.3 Å². The number of nitro benzene ring substituents is 1. The maximum absolute atomic E-state index is 14.4. The predicted octanol–water partition coefficient (Wildman–Crippen LogP) is 6.50. The quantitative estimate of drug-likeness (QED) is 0.104. The van der Waals surface area contributed by atoms with Crippen molar-refractivity contribution in [1.82, 2.24) is 9.13 Å². The summed E-state index contributed by atoms with van der Waals surface area (Å²) in [6, 6.07) is 30.0. The van der Waals surface area contributed by atoms with Gasteiger partial charge in [-0.15, -0.1) is 0 Å². The Bertz CT molecular complexity index is 2410. The molecule has 4 aromatic carbocycles. The molecule has 48 heavy (non-hydrogen) atoms. The van der Waals surface area contributed by atoms with Gasteiger partial charge >= 0.3 is 5.97 Å². The molecule has 3 heterocycles. The number of hydrogen-bond donors (Lipinski definition) is 0. The lowest BCUT2D eigenvalue weighted by Crippen LogP contribution is -2.40. The Balaban J connectivity index is 1.41. The number of nitro groups is 1. The van der Waals surface area contributed by atoms with E-state index in [4.69, 9.17) is 21.3 Å². The number of non-ortho nitro benzene ring substituents is 1. The van der Waals surface area contributed by atoms with Crippen molar-refractivity contribution in [2.24, 2.45) is 4.99 Å². The van der Waals surface area contributed by atoms with Crippen LogP contribution in [0.5, 0.6) is 0 Å². The minimum absolute atomic E-state index is 0.0330. The Kier molecular flexibility index (Phi) is 8.34. The van der Waals surface area contributed by atoms with E-state index in [1.807, 2.05) is 79.0 Å². The number of rotatable bonds is 8. The zero-order chi connectivity index (χ0) is 33.4. The van der Waals surface area contributed by atoms with Gasteiger partial charge in [0, 0.05) is 51.9 Å². The average molecular weight is 675 g/mol. The Morgan fingerprint density at radius 1 is 1.00 bits per heavy atom. The van der Waals surface area contributed by atoms with E-state index in [-0.39, 0.29) is 23.4 Å². The fourth-order valence-corrected chi connectivity index (χ4v) is 7.10. The second kappa shape index (κ2) is 12.9. The van der Waals surface area contributed by atoms with Gasteiger partial charge in [0.1, 0.15) is 0 Å². The number of thiazole rings is 1. The van der Waals surface area contributed by atoms with Crippen LogP contribution >= 0.6 is 22.9 Å². The molecule has 0 saturated heterocycles. The predicted molar refractivity (Wildman–Crippen MR) is 187 cm³/mol. The number of carbonyl (C=O) groups is 1. The highest BCUT2D eigenvalue weighted by molar-refractivity contribution is 7.07. The number of fused-ring (bicyclic) bond motifs is 2. The van der Waals surface area contributed by atoms with E-state index in [2.05, 4.69) is 4.57 Å². The van der Waals surface area contributed by atoms with Crippen molar-refractivity contribution in [3.63, 3.8) is 0 Å². The van der Waals surface area contributed by atoms with Crippen LogP contribution in [0.2, 0.25) is 5.02 Å². The van der Waals surface area contributed by atoms with Crippen molar-refractivity contribution in [3.05, 3.63) is 172 Å². The molecule has 7 rings (SSSR count). The van der Waals surface area contributed by atoms with E-state index in [1.165, 1.54) is 23.5 Å². The lowest BCUT2D eigenvalue weighted by molar-refractivity contribution is -0.384. The minimum atomic E-state index is -0.807. The van der Waals surface area contributed by atoms with E-state index >= 15 is 0 Å². The maximum Gasteiger partial charge on any atom is 0.338 e. The SMILES string of the molecule is CCOC(=O)C1=C(c2ccccc2)N=c2s/c(=C\c3cn(Cc4ccc([N+](=O)[O-])cc4)c4ccccc34)c(=O)n2[C@H]1c1ccc(Cl)cc1. The Labute approximate surface area is 283 Å². The van der Waals surface area contributed by atoms with Gasteiger partial charge in [-0.1, -0.05) is 95.7 Å². The lowest BCUT2D eigenvalue weighted by atomic mass is 9.93. The molecule has 0 spiro atoms.